The van der Waals surface area contributed by atoms with E-state index in [-0.39, 0.29) is 23.5 Å². The van der Waals surface area contributed by atoms with Crippen molar-refractivity contribution in [3.63, 3.8) is 0 Å². The maximum atomic E-state index is 12.0. The Labute approximate surface area is 114 Å². The van der Waals surface area contributed by atoms with E-state index in [1.807, 2.05) is 0 Å². The number of carbonyl (C=O) groups excluding carboxylic acids is 2. The van der Waals surface area contributed by atoms with Gasteiger partial charge in [0.2, 0.25) is 5.91 Å². The lowest BCUT2D eigenvalue weighted by atomic mass is 9.99. The Hall–Kier alpha value is -2.71. The molecule has 9 nitrogen and oxygen atoms in total. The number of hydrogen-bond acceptors (Lipinski definition) is 6. The fourth-order valence-corrected chi connectivity index (χ4v) is 1.60. The molecule has 0 fully saturated rings. The molecule has 0 aliphatic heterocycles. The zero-order valence-corrected chi connectivity index (χ0v) is 11.0. The Morgan fingerprint density at radius 2 is 2.10 bits per heavy atom. The van der Waals surface area contributed by atoms with Crippen molar-refractivity contribution in [2.75, 3.05) is 5.73 Å². The third-order valence-electron chi connectivity index (χ3n) is 2.43. The zero-order valence-electron chi connectivity index (χ0n) is 11.0. The summed E-state index contributed by atoms with van der Waals surface area (Å²) in [5.74, 6) is -1.38. The number of nitrogens with zero attached hydrogens (tertiary/aromatic N) is 2. The van der Waals surface area contributed by atoms with Gasteiger partial charge in [0.05, 0.1) is 10.5 Å². The van der Waals surface area contributed by atoms with Crippen LogP contribution in [0.2, 0.25) is 0 Å². The summed E-state index contributed by atoms with van der Waals surface area (Å²) in [6.45, 7) is 3.19. The topological polar surface area (TPSA) is 154 Å². The molecule has 0 saturated heterocycles. The van der Waals surface area contributed by atoms with Gasteiger partial charge in [-0.05, 0) is 13.8 Å². The molecule has 108 valence electrons. The highest BCUT2D eigenvalue weighted by Gasteiger charge is 2.25. The zero-order chi connectivity index (χ0) is 15.5. The minimum absolute atomic E-state index is 0.0823. The maximum Gasteiger partial charge on any atom is 0.288 e. The Balaban J connectivity index is 3.00. The van der Waals surface area contributed by atoms with Gasteiger partial charge < -0.3 is 16.8 Å². The molecule has 0 unspecified atom stereocenters. The summed E-state index contributed by atoms with van der Waals surface area (Å²) in [6, 6.07) is 1.03. The van der Waals surface area contributed by atoms with Gasteiger partial charge in [-0.2, -0.15) is 0 Å². The molecule has 20 heavy (non-hydrogen) atoms. The highest BCUT2D eigenvalue weighted by atomic mass is 16.6. The number of nitrogens with one attached hydrogen (secondary N) is 1. The van der Waals surface area contributed by atoms with Gasteiger partial charge in [0.15, 0.2) is 0 Å². The van der Waals surface area contributed by atoms with Crippen LogP contribution in [-0.2, 0) is 4.79 Å². The molecule has 0 aliphatic carbocycles. The first kappa shape index (κ1) is 15.3. The van der Waals surface area contributed by atoms with Crippen LogP contribution < -0.4 is 16.8 Å². The molecule has 1 aromatic heterocycles. The van der Waals surface area contributed by atoms with Crippen LogP contribution in [-0.4, -0.2) is 27.3 Å². The van der Waals surface area contributed by atoms with E-state index in [4.69, 9.17) is 11.5 Å². The molecule has 0 saturated carbocycles. The van der Waals surface area contributed by atoms with Crippen LogP contribution in [0.1, 0.15) is 30.6 Å². The van der Waals surface area contributed by atoms with Crippen LogP contribution in [0.4, 0.5) is 11.5 Å². The lowest BCUT2D eigenvalue weighted by Gasteiger charge is -2.24. The first-order valence-corrected chi connectivity index (χ1v) is 5.63. The van der Waals surface area contributed by atoms with Crippen molar-refractivity contribution in [1.82, 2.24) is 10.3 Å². The number of amides is 2. The van der Waals surface area contributed by atoms with Gasteiger partial charge in [0, 0.05) is 18.0 Å². The van der Waals surface area contributed by atoms with Crippen LogP contribution in [0.5, 0.6) is 0 Å². The number of nitro groups is 1. The summed E-state index contributed by atoms with van der Waals surface area (Å²) in [4.78, 5) is 36.5. The fraction of sp³-hybridized carbons (Fsp3) is 0.364. The van der Waals surface area contributed by atoms with E-state index >= 15 is 0 Å². The molecule has 0 aromatic carbocycles. The molecule has 1 rings (SSSR count). The number of primary amides is 1. The van der Waals surface area contributed by atoms with E-state index in [0.717, 1.165) is 12.3 Å². The number of hydrogen-bond donors (Lipinski definition) is 3. The summed E-state index contributed by atoms with van der Waals surface area (Å²) in [6.07, 6.45) is 0.877. The van der Waals surface area contributed by atoms with Crippen molar-refractivity contribution < 1.29 is 14.5 Å². The molecule has 9 heteroatoms. The van der Waals surface area contributed by atoms with Crippen molar-refractivity contribution in [3.8, 4) is 0 Å². The van der Waals surface area contributed by atoms with E-state index in [1.165, 1.54) is 0 Å². The van der Waals surface area contributed by atoms with Gasteiger partial charge in [0.1, 0.15) is 12.0 Å². The first-order valence-electron chi connectivity index (χ1n) is 5.63. The third-order valence-corrected chi connectivity index (χ3v) is 2.43. The standard InChI is InChI=1S/C11H15N5O4/c1-11(2,4-8(12)17)15-10(18)7-3-6(16(19)20)5-14-9(7)13/h3,5H,4H2,1-2H3,(H2,12,17)(H2,13,14)(H,15,18). The van der Waals surface area contributed by atoms with E-state index in [0.29, 0.717) is 0 Å². The normalized spacial score (nSPS) is 10.9. The number of rotatable bonds is 5. The van der Waals surface area contributed by atoms with E-state index < -0.39 is 22.3 Å². The van der Waals surface area contributed by atoms with Crippen molar-refractivity contribution in [2.24, 2.45) is 5.73 Å². The second-order valence-electron chi connectivity index (χ2n) is 4.86. The second-order valence-corrected chi connectivity index (χ2v) is 4.86. The Morgan fingerprint density at radius 1 is 1.50 bits per heavy atom. The van der Waals surface area contributed by atoms with Gasteiger partial charge >= 0.3 is 0 Å². The summed E-state index contributed by atoms with van der Waals surface area (Å²) in [5, 5.41) is 13.2. The van der Waals surface area contributed by atoms with Gasteiger partial charge in [-0.15, -0.1) is 0 Å². The van der Waals surface area contributed by atoms with Crippen molar-refractivity contribution in [3.05, 3.63) is 27.9 Å². The molecular weight excluding hydrogens is 266 g/mol. The molecule has 1 aromatic rings. The van der Waals surface area contributed by atoms with Crippen LogP contribution >= 0.6 is 0 Å². The highest BCUT2D eigenvalue weighted by Crippen LogP contribution is 2.18. The number of anilines is 1. The molecule has 2 amide bonds. The Morgan fingerprint density at radius 3 is 2.60 bits per heavy atom. The lowest BCUT2D eigenvalue weighted by molar-refractivity contribution is -0.385. The van der Waals surface area contributed by atoms with Crippen LogP contribution in [0.15, 0.2) is 12.3 Å². The van der Waals surface area contributed by atoms with Crippen molar-refractivity contribution in [2.45, 2.75) is 25.8 Å². The summed E-state index contributed by atoms with van der Waals surface area (Å²) in [5.41, 5.74) is 9.21. The predicted octanol–water partition coefficient (Wildman–Crippen LogP) is -0.0442. The average molecular weight is 281 g/mol. The minimum atomic E-state index is -0.903. The van der Waals surface area contributed by atoms with Gasteiger partial charge in [-0.3, -0.25) is 19.7 Å². The highest BCUT2D eigenvalue weighted by molar-refractivity contribution is 5.99. The molecular formula is C11H15N5O4. The Bertz CT molecular complexity index is 570. The van der Waals surface area contributed by atoms with E-state index in [2.05, 4.69) is 10.3 Å². The first-order chi connectivity index (χ1) is 9.12. The largest absolute Gasteiger partial charge is 0.383 e. The summed E-state index contributed by atoms with van der Waals surface area (Å²) < 4.78 is 0. The molecule has 0 atom stereocenters. The van der Waals surface area contributed by atoms with Gasteiger partial charge in [0.25, 0.3) is 11.6 Å². The van der Waals surface area contributed by atoms with E-state index in [9.17, 15) is 19.7 Å². The smallest absolute Gasteiger partial charge is 0.288 e. The minimum Gasteiger partial charge on any atom is -0.383 e. The summed E-state index contributed by atoms with van der Waals surface area (Å²) >= 11 is 0. The molecule has 5 N–H and O–H groups in total. The fourth-order valence-electron chi connectivity index (χ4n) is 1.60. The van der Waals surface area contributed by atoms with E-state index in [1.54, 1.807) is 13.8 Å². The molecule has 0 spiro atoms. The second kappa shape index (κ2) is 5.51. The quantitative estimate of drug-likeness (QED) is 0.508. The molecule has 1 heterocycles. The number of nitrogen functional groups attached to an aromatic ring is 1. The third kappa shape index (κ3) is 3.90. The SMILES string of the molecule is CC(C)(CC(N)=O)NC(=O)c1cc([N+](=O)[O-])cnc1N. The lowest BCUT2D eigenvalue weighted by Crippen LogP contribution is -2.46. The van der Waals surface area contributed by atoms with Crippen LogP contribution in [0.3, 0.4) is 0 Å². The number of nitrogens with two attached hydrogens (primary N) is 2. The summed E-state index contributed by atoms with van der Waals surface area (Å²) in [7, 11) is 0. The van der Waals surface area contributed by atoms with Crippen molar-refractivity contribution in [1.29, 1.82) is 0 Å². The molecule has 0 aliphatic rings. The van der Waals surface area contributed by atoms with Crippen molar-refractivity contribution >= 4 is 23.3 Å². The number of carbonyl (C=O) groups is 2. The maximum absolute atomic E-state index is 12.0. The number of aromatic nitrogens is 1. The number of pyridine rings is 1. The monoisotopic (exact) mass is 281 g/mol. The Kier molecular flexibility index (Phi) is 4.23. The van der Waals surface area contributed by atoms with Gasteiger partial charge in [-0.1, -0.05) is 0 Å². The molecule has 0 radical (unpaired) electrons. The van der Waals surface area contributed by atoms with Crippen LogP contribution in [0.25, 0.3) is 0 Å². The van der Waals surface area contributed by atoms with Gasteiger partial charge in [-0.25, -0.2) is 4.98 Å². The predicted molar refractivity (Wildman–Crippen MR) is 70.7 cm³/mol. The molecule has 0 bridgehead atoms. The average Bonchev–Trinajstić information content (AvgIpc) is 2.26. The van der Waals surface area contributed by atoms with Crippen LogP contribution in [0, 0.1) is 10.1 Å².